The Hall–Kier alpha value is -1.58. The minimum Gasteiger partial charge on any atom is -0.478 e. The molecule has 0 saturated carbocycles. The number of carboxylic acid groups (broad SMARTS) is 1. The number of carbonyl (C=O) groups is 1. The normalized spacial score (nSPS) is 11.9. The maximum absolute atomic E-state index is 13.6. The van der Waals surface area contributed by atoms with Crippen LogP contribution in [0.5, 0.6) is 0 Å². The summed E-state index contributed by atoms with van der Waals surface area (Å²) in [6.45, 7) is 3.39. The standard InChI is InChI=1S/C12H15F2NO5S/c1-7(2)20-4-3-15-21(18,19)10-6-8(12(16)17)5-9(13)11(10)14/h5-7,15H,3-4H2,1-2H3,(H,16,17). The third-order valence-corrected chi connectivity index (χ3v) is 3.84. The molecule has 2 N–H and O–H groups in total. The molecular weight excluding hydrogens is 308 g/mol. The van der Waals surface area contributed by atoms with Crippen molar-refractivity contribution in [2.24, 2.45) is 0 Å². The molecule has 1 aromatic rings. The second-order valence-corrected chi connectivity index (χ2v) is 6.13. The quantitative estimate of drug-likeness (QED) is 0.739. The SMILES string of the molecule is CC(C)OCCNS(=O)(=O)c1cc(C(=O)O)cc(F)c1F. The molecule has 0 aliphatic heterocycles. The Labute approximate surface area is 120 Å². The number of rotatable bonds is 7. The average molecular weight is 323 g/mol. The lowest BCUT2D eigenvalue weighted by Gasteiger charge is -2.10. The Bertz CT molecular complexity index is 631. The third-order valence-electron chi connectivity index (χ3n) is 2.38. The van der Waals surface area contributed by atoms with Gasteiger partial charge in [0.15, 0.2) is 11.6 Å². The van der Waals surface area contributed by atoms with Crippen LogP contribution in [0.3, 0.4) is 0 Å². The summed E-state index contributed by atoms with van der Waals surface area (Å²) >= 11 is 0. The summed E-state index contributed by atoms with van der Waals surface area (Å²) in [5.41, 5.74) is -0.660. The van der Waals surface area contributed by atoms with Crippen LogP contribution in [0.4, 0.5) is 8.78 Å². The minimum absolute atomic E-state index is 0.0413. The van der Waals surface area contributed by atoms with E-state index in [2.05, 4.69) is 0 Å². The van der Waals surface area contributed by atoms with Gasteiger partial charge in [-0.15, -0.1) is 0 Å². The molecule has 0 aromatic heterocycles. The molecule has 0 fully saturated rings. The number of benzene rings is 1. The first-order valence-electron chi connectivity index (χ1n) is 5.98. The zero-order valence-electron chi connectivity index (χ0n) is 11.4. The van der Waals surface area contributed by atoms with E-state index < -0.39 is 38.1 Å². The molecule has 0 unspecified atom stereocenters. The summed E-state index contributed by atoms with van der Waals surface area (Å²) in [4.78, 5) is 9.70. The zero-order chi connectivity index (χ0) is 16.2. The van der Waals surface area contributed by atoms with Gasteiger partial charge >= 0.3 is 5.97 Å². The van der Waals surface area contributed by atoms with Crippen molar-refractivity contribution in [1.82, 2.24) is 4.72 Å². The van der Waals surface area contributed by atoms with E-state index in [1.54, 1.807) is 13.8 Å². The topological polar surface area (TPSA) is 92.7 Å². The molecule has 118 valence electrons. The number of sulfonamides is 1. The van der Waals surface area contributed by atoms with Gasteiger partial charge in [-0.1, -0.05) is 0 Å². The molecule has 0 bridgehead atoms. The number of hydrogen-bond acceptors (Lipinski definition) is 4. The van der Waals surface area contributed by atoms with Gasteiger partial charge in [-0.3, -0.25) is 0 Å². The van der Waals surface area contributed by atoms with Gasteiger partial charge in [-0.05, 0) is 26.0 Å². The van der Waals surface area contributed by atoms with Gasteiger partial charge in [-0.2, -0.15) is 0 Å². The van der Waals surface area contributed by atoms with Crippen molar-refractivity contribution >= 4 is 16.0 Å². The van der Waals surface area contributed by atoms with Crippen molar-refractivity contribution in [3.8, 4) is 0 Å². The molecule has 0 radical (unpaired) electrons. The average Bonchev–Trinajstić information content (AvgIpc) is 2.37. The molecule has 0 heterocycles. The van der Waals surface area contributed by atoms with Crippen LogP contribution in [0.1, 0.15) is 24.2 Å². The lowest BCUT2D eigenvalue weighted by atomic mass is 10.2. The maximum Gasteiger partial charge on any atom is 0.335 e. The van der Waals surface area contributed by atoms with Crippen molar-refractivity contribution in [3.63, 3.8) is 0 Å². The van der Waals surface area contributed by atoms with E-state index in [4.69, 9.17) is 9.84 Å². The molecule has 0 aliphatic carbocycles. The van der Waals surface area contributed by atoms with Crippen molar-refractivity contribution in [2.75, 3.05) is 13.2 Å². The molecule has 0 atom stereocenters. The molecule has 0 aliphatic rings. The predicted octanol–water partition coefficient (Wildman–Crippen LogP) is 1.37. The molecule has 9 heteroatoms. The predicted molar refractivity (Wildman–Crippen MR) is 69.6 cm³/mol. The van der Waals surface area contributed by atoms with Crippen LogP contribution in [0, 0.1) is 11.6 Å². The number of ether oxygens (including phenoxy) is 1. The van der Waals surface area contributed by atoms with E-state index in [0.717, 1.165) is 0 Å². The Morgan fingerprint density at radius 2 is 2.00 bits per heavy atom. The molecule has 0 spiro atoms. The van der Waals surface area contributed by atoms with Gasteiger partial charge in [0.05, 0.1) is 18.3 Å². The number of carboxylic acids is 1. The van der Waals surface area contributed by atoms with Gasteiger partial charge in [0, 0.05) is 6.54 Å². The minimum atomic E-state index is -4.38. The molecule has 21 heavy (non-hydrogen) atoms. The Morgan fingerprint density at radius 1 is 1.38 bits per heavy atom. The lowest BCUT2D eigenvalue weighted by Crippen LogP contribution is -2.29. The van der Waals surface area contributed by atoms with Crippen LogP contribution >= 0.6 is 0 Å². The Kier molecular flexibility index (Phi) is 5.76. The van der Waals surface area contributed by atoms with E-state index >= 15 is 0 Å². The van der Waals surface area contributed by atoms with Crippen molar-refractivity contribution in [2.45, 2.75) is 24.8 Å². The van der Waals surface area contributed by atoms with Crippen LogP contribution in [0.2, 0.25) is 0 Å². The van der Waals surface area contributed by atoms with Crippen LogP contribution in [0.15, 0.2) is 17.0 Å². The summed E-state index contributed by atoms with van der Waals surface area (Å²) in [5, 5.41) is 8.74. The molecule has 1 rings (SSSR count). The fraction of sp³-hybridized carbons (Fsp3) is 0.417. The van der Waals surface area contributed by atoms with Crippen LogP contribution in [-0.4, -0.2) is 38.7 Å². The van der Waals surface area contributed by atoms with Gasteiger partial charge in [0.2, 0.25) is 10.0 Å². The molecular formula is C12H15F2NO5S. The first-order valence-corrected chi connectivity index (χ1v) is 7.47. The van der Waals surface area contributed by atoms with E-state index in [9.17, 15) is 22.0 Å². The van der Waals surface area contributed by atoms with Crippen molar-refractivity contribution in [3.05, 3.63) is 29.3 Å². The third kappa shape index (κ3) is 4.73. The van der Waals surface area contributed by atoms with E-state index in [0.29, 0.717) is 12.1 Å². The van der Waals surface area contributed by atoms with Crippen LogP contribution in [-0.2, 0) is 14.8 Å². The zero-order valence-corrected chi connectivity index (χ0v) is 12.2. The van der Waals surface area contributed by atoms with E-state index in [1.807, 2.05) is 4.72 Å². The first kappa shape index (κ1) is 17.5. The van der Waals surface area contributed by atoms with Gasteiger partial charge in [0.1, 0.15) is 4.90 Å². The summed E-state index contributed by atoms with van der Waals surface area (Å²) in [6, 6.07) is 0.977. The smallest absolute Gasteiger partial charge is 0.335 e. The second-order valence-electron chi connectivity index (χ2n) is 4.39. The van der Waals surface area contributed by atoms with Gasteiger partial charge in [-0.25, -0.2) is 26.7 Å². The number of aromatic carboxylic acids is 1. The Balaban J connectivity index is 2.99. The molecule has 1 aromatic carbocycles. The van der Waals surface area contributed by atoms with Crippen molar-refractivity contribution < 1.29 is 31.8 Å². The van der Waals surface area contributed by atoms with E-state index in [1.165, 1.54) is 0 Å². The highest BCUT2D eigenvalue weighted by Crippen LogP contribution is 2.19. The largest absolute Gasteiger partial charge is 0.478 e. The second kappa shape index (κ2) is 6.92. The van der Waals surface area contributed by atoms with Gasteiger partial charge in [0.25, 0.3) is 0 Å². The number of halogens is 2. The highest BCUT2D eigenvalue weighted by molar-refractivity contribution is 7.89. The van der Waals surface area contributed by atoms with Crippen LogP contribution in [0.25, 0.3) is 0 Å². The number of nitrogens with one attached hydrogen (secondary N) is 1. The van der Waals surface area contributed by atoms with E-state index in [-0.39, 0.29) is 19.3 Å². The Morgan fingerprint density at radius 3 is 2.52 bits per heavy atom. The number of hydrogen-bond donors (Lipinski definition) is 2. The maximum atomic E-state index is 13.6. The van der Waals surface area contributed by atoms with Crippen molar-refractivity contribution in [1.29, 1.82) is 0 Å². The van der Waals surface area contributed by atoms with Crippen LogP contribution < -0.4 is 4.72 Å². The molecule has 6 nitrogen and oxygen atoms in total. The monoisotopic (exact) mass is 323 g/mol. The fourth-order valence-electron chi connectivity index (χ4n) is 1.43. The van der Waals surface area contributed by atoms with Gasteiger partial charge < -0.3 is 9.84 Å². The summed E-state index contributed by atoms with van der Waals surface area (Å²) in [6.07, 6.45) is -0.112. The highest BCUT2D eigenvalue weighted by atomic mass is 32.2. The molecule has 0 saturated heterocycles. The molecule has 0 amide bonds. The fourth-order valence-corrected chi connectivity index (χ4v) is 2.55. The summed E-state index contributed by atoms with van der Waals surface area (Å²) in [7, 11) is -4.38. The first-order chi connectivity index (χ1) is 9.65. The highest BCUT2D eigenvalue weighted by Gasteiger charge is 2.24. The lowest BCUT2D eigenvalue weighted by molar-refractivity contribution is 0.0695. The summed E-state index contributed by atoms with van der Waals surface area (Å²) in [5.74, 6) is -4.74. The summed E-state index contributed by atoms with van der Waals surface area (Å²) < 4.78 is 57.7.